The van der Waals surface area contributed by atoms with Crippen molar-refractivity contribution in [3.05, 3.63) is 40.4 Å². The summed E-state index contributed by atoms with van der Waals surface area (Å²) in [6, 6.07) is 7.84. The number of fused-ring (bicyclic) bond motifs is 1. The Morgan fingerprint density at radius 2 is 2.38 bits per heavy atom. The number of aromatic nitrogens is 1. The van der Waals surface area contributed by atoms with Crippen LogP contribution in [0.15, 0.2) is 29.4 Å². The SMILES string of the molecule is N#Cc1c(NC(=O)CSc2ccccn2)sc2c1CCC2. The van der Waals surface area contributed by atoms with Crippen LogP contribution in [-0.2, 0) is 17.6 Å². The van der Waals surface area contributed by atoms with E-state index in [0.717, 1.165) is 29.9 Å². The highest BCUT2D eigenvalue weighted by atomic mass is 32.2. The molecule has 1 aliphatic carbocycles. The molecule has 0 bridgehead atoms. The molecule has 0 atom stereocenters. The molecule has 1 amide bonds. The summed E-state index contributed by atoms with van der Waals surface area (Å²) in [5.74, 6) is 0.201. The number of anilines is 1. The fraction of sp³-hybridized carbons (Fsp3) is 0.267. The summed E-state index contributed by atoms with van der Waals surface area (Å²) in [7, 11) is 0. The Bertz CT molecular complexity index is 704. The average Bonchev–Trinajstić information content (AvgIpc) is 3.06. The number of rotatable bonds is 4. The predicted octanol–water partition coefficient (Wildman–Crippen LogP) is 3.23. The molecule has 0 unspecified atom stereocenters. The number of hydrogen-bond donors (Lipinski definition) is 1. The zero-order chi connectivity index (χ0) is 14.7. The third-order valence-corrected chi connectivity index (χ3v) is 5.43. The first-order chi connectivity index (χ1) is 10.3. The number of aryl methyl sites for hydroxylation is 1. The van der Waals surface area contributed by atoms with Crippen molar-refractivity contribution in [3.63, 3.8) is 0 Å². The summed E-state index contributed by atoms with van der Waals surface area (Å²) in [6.45, 7) is 0. The monoisotopic (exact) mass is 315 g/mol. The van der Waals surface area contributed by atoms with Crippen LogP contribution in [0.4, 0.5) is 5.00 Å². The Kier molecular flexibility index (Phi) is 4.23. The molecule has 21 heavy (non-hydrogen) atoms. The molecule has 4 nitrogen and oxygen atoms in total. The lowest BCUT2D eigenvalue weighted by molar-refractivity contribution is -0.113. The van der Waals surface area contributed by atoms with Crippen LogP contribution in [0, 0.1) is 11.3 Å². The van der Waals surface area contributed by atoms with Gasteiger partial charge < -0.3 is 5.32 Å². The summed E-state index contributed by atoms with van der Waals surface area (Å²) in [4.78, 5) is 17.4. The van der Waals surface area contributed by atoms with Gasteiger partial charge >= 0.3 is 0 Å². The topological polar surface area (TPSA) is 65.8 Å². The molecule has 0 saturated carbocycles. The number of carbonyl (C=O) groups is 1. The van der Waals surface area contributed by atoms with Gasteiger partial charge in [-0.1, -0.05) is 17.8 Å². The molecular formula is C15H13N3OS2. The zero-order valence-electron chi connectivity index (χ0n) is 11.3. The van der Waals surface area contributed by atoms with Crippen molar-refractivity contribution < 1.29 is 4.79 Å². The van der Waals surface area contributed by atoms with E-state index in [-0.39, 0.29) is 5.91 Å². The number of nitrogens with zero attached hydrogens (tertiary/aromatic N) is 2. The maximum Gasteiger partial charge on any atom is 0.235 e. The second kappa shape index (κ2) is 6.29. The van der Waals surface area contributed by atoms with Crippen molar-refractivity contribution in [3.8, 4) is 6.07 Å². The van der Waals surface area contributed by atoms with Gasteiger partial charge in [-0.3, -0.25) is 4.79 Å². The minimum atomic E-state index is -0.0953. The van der Waals surface area contributed by atoms with Crippen molar-refractivity contribution in [2.75, 3.05) is 11.1 Å². The van der Waals surface area contributed by atoms with Gasteiger partial charge in [0, 0.05) is 11.1 Å². The average molecular weight is 315 g/mol. The number of pyridine rings is 1. The van der Waals surface area contributed by atoms with Gasteiger partial charge in [-0.15, -0.1) is 11.3 Å². The van der Waals surface area contributed by atoms with Gasteiger partial charge in [-0.25, -0.2) is 4.98 Å². The molecule has 1 aliphatic rings. The minimum absolute atomic E-state index is 0.0953. The number of thiophene rings is 1. The molecule has 2 aromatic heterocycles. The van der Waals surface area contributed by atoms with E-state index < -0.39 is 0 Å². The van der Waals surface area contributed by atoms with Crippen LogP contribution in [0.1, 0.15) is 22.4 Å². The van der Waals surface area contributed by atoms with Gasteiger partial charge in [0.1, 0.15) is 11.1 Å². The highest BCUT2D eigenvalue weighted by molar-refractivity contribution is 7.99. The minimum Gasteiger partial charge on any atom is -0.316 e. The highest BCUT2D eigenvalue weighted by Gasteiger charge is 2.22. The van der Waals surface area contributed by atoms with E-state index in [4.69, 9.17) is 0 Å². The maximum atomic E-state index is 12.0. The molecule has 0 radical (unpaired) electrons. The predicted molar refractivity (Wildman–Crippen MR) is 84.6 cm³/mol. The van der Waals surface area contributed by atoms with E-state index in [0.29, 0.717) is 16.3 Å². The first-order valence-electron chi connectivity index (χ1n) is 6.66. The Balaban J connectivity index is 1.64. The molecule has 0 aromatic carbocycles. The third-order valence-electron chi connectivity index (χ3n) is 3.27. The van der Waals surface area contributed by atoms with Crippen LogP contribution in [0.25, 0.3) is 0 Å². The largest absolute Gasteiger partial charge is 0.316 e. The summed E-state index contributed by atoms with van der Waals surface area (Å²) >= 11 is 2.93. The quantitative estimate of drug-likeness (QED) is 0.880. The van der Waals surface area contributed by atoms with Crippen LogP contribution in [0.2, 0.25) is 0 Å². The van der Waals surface area contributed by atoms with E-state index in [1.165, 1.54) is 16.6 Å². The molecule has 0 fully saturated rings. The zero-order valence-corrected chi connectivity index (χ0v) is 12.9. The Hall–Kier alpha value is -1.84. The normalized spacial score (nSPS) is 12.7. The van der Waals surface area contributed by atoms with Crippen molar-refractivity contribution in [1.29, 1.82) is 5.26 Å². The van der Waals surface area contributed by atoms with Crippen LogP contribution in [-0.4, -0.2) is 16.6 Å². The first kappa shape index (κ1) is 14.1. The lowest BCUT2D eigenvalue weighted by atomic mass is 10.1. The lowest BCUT2D eigenvalue weighted by Crippen LogP contribution is -2.14. The fourth-order valence-electron chi connectivity index (χ4n) is 2.35. The van der Waals surface area contributed by atoms with Gasteiger partial charge in [-0.2, -0.15) is 5.26 Å². The van der Waals surface area contributed by atoms with Crippen LogP contribution >= 0.6 is 23.1 Å². The first-order valence-corrected chi connectivity index (χ1v) is 8.46. The second-order valence-corrected chi connectivity index (χ2v) is 6.78. The number of hydrogen-bond acceptors (Lipinski definition) is 5. The molecule has 6 heteroatoms. The third kappa shape index (κ3) is 3.09. The van der Waals surface area contributed by atoms with Gasteiger partial charge in [-0.05, 0) is 37.0 Å². The number of amides is 1. The van der Waals surface area contributed by atoms with E-state index in [1.807, 2.05) is 18.2 Å². The van der Waals surface area contributed by atoms with Crippen LogP contribution in [0.5, 0.6) is 0 Å². The Morgan fingerprint density at radius 1 is 1.48 bits per heavy atom. The van der Waals surface area contributed by atoms with Gasteiger partial charge in [0.05, 0.1) is 16.3 Å². The summed E-state index contributed by atoms with van der Waals surface area (Å²) in [5.41, 5.74) is 1.79. The molecule has 0 saturated heterocycles. The summed E-state index contributed by atoms with van der Waals surface area (Å²) < 4.78 is 0. The molecule has 0 aliphatic heterocycles. The standard InChI is InChI=1S/C15H13N3OS2/c16-8-11-10-4-3-5-12(10)21-15(11)18-13(19)9-20-14-6-1-2-7-17-14/h1-2,6-7H,3-5,9H2,(H,18,19). The Morgan fingerprint density at radius 3 is 3.14 bits per heavy atom. The fourth-order valence-corrected chi connectivity index (χ4v) is 4.26. The van der Waals surface area contributed by atoms with E-state index in [2.05, 4.69) is 16.4 Å². The molecule has 2 heterocycles. The second-order valence-electron chi connectivity index (χ2n) is 4.68. The van der Waals surface area contributed by atoms with Crippen molar-refractivity contribution in [2.45, 2.75) is 24.3 Å². The summed E-state index contributed by atoms with van der Waals surface area (Å²) in [6.07, 6.45) is 4.79. The van der Waals surface area contributed by atoms with Crippen molar-refractivity contribution >= 4 is 34.0 Å². The van der Waals surface area contributed by atoms with E-state index in [1.54, 1.807) is 17.5 Å². The van der Waals surface area contributed by atoms with Gasteiger partial charge in [0.25, 0.3) is 0 Å². The molecule has 2 aromatic rings. The van der Waals surface area contributed by atoms with Crippen molar-refractivity contribution in [2.24, 2.45) is 0 Å². The van der Waals surface area contributed by atoms with Gasteiger partial charge in [0.15, 0.2) is 0 Å². The highest BCUT2D eigenvalue weighted by Crippen LogP contribution is 2.38. The van der Waals surface area contributed by atoms with Crippen molar-refractivity contribution in [1.82, 2.24) is 4.98 Å². The smallest absolute Gasteiger partial charge is 0.235 e. The number of thioether (sulfide) groups is 1. The lowest BCUT2D eigenvalue weighted by Gasteiger charge is -2.03. The number of carbonyl (C=O) groups excluding carboxylic acids is 1. The van der Waals surface area contributed by atoms with Gasteiger partial charge in [0.2, 0.25) is 5.91 Å². The molecule has 1 N–H and O–H groups in total. The van der Waals surface area contributed by atoms with Crippen LogP contribution in [0.3, 0.4) is 0 Å². The van der Waals surface area contributed by atoms with Crippen LogP contribution < -0.4 is 5.32 Å². The van der Waals surface area contributed by atoms with E-state index in [9.17, 15) is 10.1 Å². The summed E-state index contributed by atoms with van der Waals surface area (Å²) in [5, 5.41) is 13.7. The molecule has 3 rings (SSSR count). The number of nitrogens with one attached hydrogen (secondary N) is 1. The Labute approximate surface area is 131 Å². The molecule has 0 spiro atoms. The van der Waals surface area contributed by atoms with E-state index >= 15 is 0 Å². The molecule has 106 valence electrons. The maximum absolute atomic E-state index is 12.0. The number of nitriles is 1. The molecular weight excluding hydrogens is 302 g/mol.